The van der Waals surface area contributed by atoms with Gasteiger partial charge in [0.25, 0.3) is 6.43 Å². The van der Waals surface area contributed by atoms with Crippen LogP contribution < -0.4 is 10.6 Å². The zero-order valence-corrected chi connectivity index (χ0v) is 10.8. The summed E-state index contributed by atoms with van der Waals surface area (Å²) >= 11 is 0. The summed E-state index contributed by atoms with van der Waals surface area (Å²) in [7, 11) is 3.62. The molecular weight excluding hydrogens is 250 g/mol. The van der Waals surface area contributed by atoms with Gasteiger partial charge in [-0.2, -0.15) is 0 Å². The molecule has 1 aromatic carbocycles. The minimum absolute atomic E-state index is 0.0586. The zero-order valence-electron chi connectivity index (χ0n) is 10.8. The van der Waals surface area contributed by atoms with E-state index < -0.39 is 6.43 Å². The molecule has 0 aliphatic heterocycles. The molecule has 0 bridgehead atoms. The number of nitrogens with zero attached hydrogens (tertiary/aromatic N) is 3. The Morgan fingerprint density at radius 1 is 1.42 bits per heavy atom. The quantitative estimate of drug-likeness (QED) is 0.865. The molecule has 1 heterocycles. The minimum atomic E-state index is -2.55. The van der Waals surface area contributed by atoms with Crippen molar-refractivity contribution < 1.29 is 8.78 Å². The maximum absolute atomic E-state index is 13.0. The average Bonchev–Trinajstić information content (AvgIpc) is 2.74. The molecule has 1 aromatic heterocycles. The van der Waals surface area contributed by atoms with Gasteiger partial charge in [0.2, 0.25) is 0 Å². The summed E-state index contributed by atoms with van der Waals surface area (Å²) in [6.07, 6.45) is 0.947. The predicted octanol–water partition coefficient (Wildman–Crippen LogP) is 2.58. The molecule has 2 aromatic rings. The Morgan fingerprint density at radius 2 is 2.16 bits per heavy atom. The summed E-state index contributed by atoms with van der Waals surface area (Å²) < 4.78 is 27.9. The first-order valence-electron chi connectivity index (χ1n) is 5.84. The Hall–Kier alpha value is -2.11. The second-order valence-electron chi connectivity index (χ2n) is 4.43. The smallest absolute Gasteiger partial charge is 0.265 e. The van der Waals surface area contributed by atoms with Crippen LogP contribution in [-0.4, -0.2) is 16.6 Å². The highest BCUT2D eigenvalue weighted by molar-refractivity contribution is 5.59. The Labute approximate surface area is 110 Å². The molecule has 4 nitrogen and oxygen atoms in total. The molecule has 2 rings (SSSR count). The largest absolute Gasteiger partial charge is 0.399 e. The fourth-order valence-electron chi connectivity index (χ4n) is 1.94. The second kappa shape index (κ2) is 5.26. The van der Waals surface area contributed by atoms with E-state index in [0.717, 1.165) is 5.82 Å². The highest BCUT2D eigenvalue weighted by Gasteiger charge is 2.17. The number of aryl methyl sites for hydroxylation is 1. The fraction of sp³-hybridized carbons (Fsp3) is 0.308. The number of benzene rings is 1. The molecule has 0 amide bonds. The van der Waals surface area contributed by atoms with Gasteiger partial charge >= 0.3 is 0 Å². The van der Waals surface area contributed by atoms with Crippen LogP contribution in [-0.2, 0) is 13.6 Å². The average molecular weight is 266 g/mol. The number of hydrogen-bond acceptors (Lipinski definition) is 3. The lowest BCUT2D eigenvalue weighted by Gasteiger charge is -2.22. The molecule has 2 N–H and O–H groups in total. The number of anilines is 2. The summed E-state index contributed by atoms with van der Waals surface area (Å²) in [5.41, 5.74) is 6.30. The first kappa shape index (κ1) is 13.3. The summed E-state index contributed by atoms with van der Waals surface area (Å²) in [5.74, 6) is 0.805. The summed E-state index contributed by atoms with van der Waals surface area (Å²) in [5, 5.41) is 0. The Balaban J connectivity index is 2.28. The van der Waals surface area contributed by atoms with Crippen molar-refractivity contribution in [1.82, 2.24) is 9.55 Å². The van der Waals surface area contributed by atoms with E-state index in [1.54, 1.807) is 30.3 Å². The number of halogens is 2. The monoisotopic (exact) mass is 266 g/mol. The molecule has 0 saturated carbocycles. The number of imidazole rings is 1. The van der Waals surface area contributed by atoms with E-state index in [4.69, 9.17) is 5.73 Å². The summed E-state index contributed by atoms with van der Waals surface area (Å²) in [4.78, 5) is 5.92. The SMILES string of the molecule is CN(Cc1nccn1C)c1ccc(N)cc1C(F)F. The first-order valence-corrected chi connectivity index (χ1v) is 5.84. The number of nitrogens with two attached hydrogens (primary N) is 1. The maximum atomic E-state index is 13.0. The molecule has 0 radical (unpaired) electrons. The van der Waals surface area contributed by atoms with E-state index in [1.165, 1.54) is 6.07 Å². The third-order valence-electron chi connectivity index (χ3n) is 3.00. The zero-order chi connectivity index (χ0) is 14.0. The van der Waals surface area contributed by atoms with Gasteiger partial charge in [-0.3, -0.25) is 0 Å². The number of alkyl halides is 2. The van der Waals surface area contributed by atoms with Crippen LogP contribution in [0.4, 0.5) is 20.2 Å². The summed E-state index contributed by atoms with van der Waals surface area (Å²) in [6.45, 7) is 0.452. The molecular formula is C13H16F2N4. The molecule has 0 fully saturated rings. The van der Waals surface area contributed by atoms with Crippen molar-refractivity contribution in [1.29, 1.82) is 0 Å². The van der Waals surface area contributed by atoms with E-state index in [2.05, 4.69) is 4.98 Å². The molecule has 19 heavy (non-hydrogen) atoms. The Bertz CT molecular complexity index is 566. The van der Waals surface area contributed by atoms with Gasteiger partial charge in [-0.25, -0.2) is 13.8 Å². The lowest BCUT2D eigenvalue weighted by molar-refractivity contribution is 0.152. The molecule has 6 heteroatoms. The van der Waals surface area contributed by atoms with E-state index in [1.807, 2.05) is 17.8 Å². The molecule has 0 atom stereocenters. The van der Waals surface area contributed by atoms with Crippen molar-refractivity contribution in [3.05, 3.63) is 42.0 Å². The third-order valence-corrected chi connectivity index (χ3v) is 3.00. The first-order chi connectivity index (χ1) is 8.99. The fourth-order valence-corrected chi connectivity index (χ4v) is 1.94. The molecule has 0 spiro atoms. The van der Waals surface area contributed by atoms with Gasteiger partial charge in [0.05, 0.1) is 6.54 Å². The van der Waals surface area contributed by atoms with Crippen molar-refractivity contribution in [3.63, 3.8) is 0 Å². The van der Waals surface area contributed by atoms with E-state index in [0.29, 0.717) is 17.9 Å². The van der Waals surface area contributed by atoms with Crippen LogP contribution >= 0.6 is 0 Å². The van der Waals surface area contributed by atoms with Gasteiger partial charge in [-0.1, -0.05) is 0 Å². The maximum Gasteiger partial charge on any atom is 0.265 e. The van der Waals surface area contributed by atoms with Gasteiger partial charge in [0.15, 0.2) is 0 Å². The Morgan fingerprint density at radius 3 is 2.74 bits per heavy atom. The molecule has 0 aliphatic carbocycles. The van der Waals surface area contributed by atoms with Crippen LogP contribution in [0.3, 0.4) is 0 Å². The molecule has 0 unspecified atom stereocenters. The molecule has 0 aliphatic rings. The minimum Gasteiger partial charge on any atom is -0.399 e. The van der Waals surface area contributed by atoms with Crippen LogP contribution in [0.5, 0.6) is 0 Å². The third kappa shape index (κ3) is 2.83. The standard InChI is InChI=1S/C13H16F2N4/c1-18-6-5-17-12(18)8-19(2)11-4-3-9(16)7-10(11)13(14)15/h3-7,13H,8,16H2,1-2H3. The van der Waals surface area contributed by atoms with Gasteiger partial charge < -0.3 is 15.2 Å². The predicted molar refractivity (Wildman–Crippen MR) is 71.1 cm³/mol. The summed E-state index contributed by atoms with van der Waals surface area (Å²) in [6, 6.07) is 4.55. The number of hydrogen-bond donors (Lipinski definition) is 1. The normalized spacial score (nSPS) is 11.0. The van der Waals surface area contributed by atoms with Crippen molar-refractivity contribution in [3.8, 4) is 0 Å². The highest BCUT2D eigenvalue weighted by atomic mass is 19.3. The second-order valence-corrected chi connectivity index (χ2v) is 4.43. The van der Waals surface area contributed by atoms with Gasteiger partial charge in [0.1, 0.15) is 5.82 Å². The molecule has 102 valence electrons. The van der Waals surface area contributed by atoms with Crippen LogP contribution in [0, 0.1) is 0 Å². The van der Waals surface area contributed by atoms with Crippen molar-refractivity contribution >= 4 is 11.4 Å². The van der Waals surface area contributed by atoms with E-state index in [-0.39, 0.29) is 5.56 Å². The van der Waals surface area contributed by atoms with Crippen LogP contribution in [0.15, 0.2) is 30.6 Å². The Kier molecular flexibility index (Phi) is 3.69. The lowest BCUT2D eigenvalue weighted by Crippen LogP contribution is -2.20. The van der Waals surface area contributed by atoms with Crippen molar-refractivity contribution in [2.75, 3.05) is 17.7 Å². The molecule has 0 saturated heterocycles. The van der Waals surface area contributed by atoms with Crippen LogP contribution in [0.25, 0.3) is 0 Å². The number of rotatable bonds is 4. The lowest BCUT2D eigenvalue weighted by atomic mass is 10.1. The van der Waals surface area contributed by atoms with Gasteiger partial charge in [-0.15, -0.1) is 0 Å². The van der Waals surface area contributed by atoms with Crippen molar-refractivity contribution in [2.45, 2.75) is 13.0 Å². The number of aromatic nitrogens is 2. The van der Waals surface area contributed by atoms with E-state index in [9.17, 15) is 8.78 Å². The van der Waals surface area contributed by atoms with Crippen LogP contribution in [0.2, 0.25) is 0 Å². The van der Waals surface area contributed by atoms with Crippen molar-refractivity contribution in [2.24, 2.45) is 7.05 Å². The van der Waals surface area contributed by atoms with E-state index >= 15 is 0 Å². The van der Waals surface area contributed by atoms with Gasteiger partial charge in [-0.05, 0) is 18.2 Å². The number of nitrogen functional groups attached to an aromatic ring is 1. The van der Waals surface area contributed by atoms with Crippen LogP contribution in [0.1, 0.15) is 17.8 Å². The highest BCUT2D eigenvalue weighted by Crippen LogP contribution is 2.31. The topological polar surface area (TPSA) is 47.1 Å². The van der Waals surface area contributed by atoms with Gasteiger partial charge in [0, 0.05) is 43.4 Å².